The lowest BCUT2D eigenvalue weighted by molar-refractivity contribution is 0.150. The Morgan fingerprint density at radius 1 is 1.44 bits per heavy atom. The molecule has 2 atom stereocenters. The summed E-state index contributed by atoms with van der Waals surface area (Å²) in [6.07, 6.45) is 1.25. The summed E-state index contributed by atoms with van der Waals surface area (Å²) in [7, 11) is 0. The van der Waals surface area contributed by atoms with Crippen LogP contribution in [0.4, 0.5) is 0 Å². The van der Waals surface area contributed by atoms with Crippen molar-refractivity contribution >= 4 is 27.3 Å². The van der Waals surface area contributed by atoms with E-state index in [9.17, 15) is 5.11 Å². The third-order valence-electron chi connectivity index (χ3n) is 2.56. The van der Waals surface area contributed by atoms with E-state index in [1.54, 1.807) is 17.5 Å². The lowest BCUT2D eigenvalue weighted by Crippen LogP contribution is -2.08. The highest BCUT2D eigenvalue weighted by Crippen LogP contribution is 2.33. The molecule has 0 radical (unpaired) electrons. The topological polar surface area (TPSA) is 33.1 Å². The molecule has 2 nitrogen and oxygen atoms in total. The van der Waals surface area contributed by atoms with Crippen molar-refractivity contribution in [3.05, 3.63) is 50.9 Å². The highest BCUT2D eigenvalue weighted by molar-refractivity contribution is 9.11. The second-order valence-corrected chi connectivity index (χ2v) is 5.96. The number of aromatic nitrogens is 1. The monoisotopic (exact) mass is 297 g/mol. The fourth-order valence-corrected chi connectivity index (χ4v) is 2.78. The Bertz CT molecular complexity index is 457. The SMILES string of the molecule is CC(c1ccccn1)C(O)c1csc(Br)c1. The molecule has 0 saturated heterocycles. The standard InChI is InChI=1S/C12H12BrNOS/c1-8(10-4-2-3-5-14-10)12(15)9-6-11(13)16-7-9/h2-8,12,15H,1H3. The second-order valence-electron chi connectivity index (χ2n) is 3.67. The van der Waals surface area contributed by atoms with Crippen LogP contribution >= 0.6 is 27.3 Å². The molecule has 0 bridgehead atoms. The Labute approximate surface area is 107 Å². The summed E-state index contributed by atoms with van der Waals surface area (Å²) in [5.74, 6) is 0.00250. The Kier molecular flexibility index (Phi) is 3.74. The van der Waals surface area contributed by atoms with Gasteiger partial charge in [0.05, 0.1) is 9.89 Å². The molecule has 0 aromatic carbocycles. The Balaban J connectivity index is 2.19. The van der Waals surface area contributed by atoms with Crippen molar-refractivity contribution in [3.63, 3.8) is 0 Å². The van der Waals surface area contributed by atoms with E-state index in [1.807, 2.05) is 36.6 Å². The number of thiophene rings is 1. The minimum absolute atomic E-state index is 0.00250. The largest absolute Gasteiger partial charge is 0.388 e. The summed E-state index contributed by atoms with van der Waals surface area (Å²) in [5.41, 5.74) is 1.85. The molecule has 1 N–H and O–H groups in total. The Morgan fingerprint density at radius 3 is 2.81 bits per heavy atom. The predicted molar refractivity (Wildman–Crippen MR) is 69.6 cm³/mol. The van der Waals surface area contributed by atoms with Crippen molar-refractivity contribution in [1.82, 2.24) is 4.98 Å². The maximum Gasteiger partial charge on any atom is 0.0879 e. The number of halogens is 1. The van der Waals surface area contributed by atoms with Crippen molar-refractivity contribution < 1.29 is 5.11 Å². The van der Waals surface area contributed by atoms with Crippen molar-refractivity contribution in [2.24, 2.45) is 0 Å². The molecule has 0 saturated carbocycles. The fourth-order valence-electron chi connectivity index (χ4n) is 1.57. The van der Waals surface area contributed by atoms with Crippen LogP contribution < -0.4 is 0 Å². The van der Waals surface area contributed by atoms with E-state index in [-0.39, 0.29) is 5.92 Å². The molecule has 4 heteroatoms. The van der Waals surface area contributed by atoms with Crippen LogP contribution in [0.5, 0.6) is 0 Å². The molecule has 2 heterocycles. The van der Waals surface area contributed by atoms with Gasteiger partial charge in [-0.3, -0.25) is 4.98 Å². The van der Waals surface area contributed by atoms with Gasteiger partial charge in [0.25, 0.3) is 0 Å². The Morgan fingerprint density at radius 2 is 2.25 bits per heavy atom. The fraction of sp³-hybridized carbons (Fsp3) is 0.250. The van der Waals surface area contributed by atoms with Gasteiger partial charge in [0.1, 0.15) is 0 Å². The van der Waals surface area contributed by atoms with Gasteiger partial charge in [-0.25, -0.2) is 0 Å². The molecule has 84 valence electrons. The minimum Gasteiger partial charge on any atom is -0.388 e. The lowest BCUT2D eigenvalue weighted by atomic mass is 9.96. The zero-order valence-electron chi connectivity index (χ0n) is 8.80. The van der Waals surface area contributed by atoms with Crippen LogP contribution in [0.2, 0.25) is 0 Å². The average molecular weight is 298 g/mol. The van der Waals surface area contributed by atoms with Gasteiger partial charge in [-0.1, -0.05) is 13.0 Å². The van der Waals surface area contributed by atoms with E-state index in [1.165, 1.54) is 0 Å². The minimum atomic E-state index is -0.502. The molecule has 2 aromatic heterocycles. The molecule has 2 unspecified atom stereocenters. The molecule has 0 fully saturated rings. The normalized spacial score (nSPS) is 14.7. The second kappa shape index (κ2) is 5.08. The van der Waals surface area contributed by atoms with Crippen molar-refractivity contribution in [2.75, 3.05) is 0 Å². The van der Waals surface area contributed by atoms with Crippen molar-refractivity contribution in [3.8, 4) is 0 Å². The number of aliphatic hydroxyl groups excluding tert-OH is 1. The van der Waals surface area contributed by atoms with Crippen LogP contribution in [0, 0.1) is 0 Å². The number of nitrogens with zero attached hydrogens (tertiary/aromatic N) is 1. The van der Waals surface area contributed by atoms with E-state index in [4.69, 9.17) is 0 Å². The first-order chi connectivity index (χ1) is 7.68. The average Bonchev–Trinajstić information content (AvgIpc) is 2.75. The Hall–Kier alpha value is -0.710. The van der Waals surface area contributed by atoms with Gasteiger partial charge in [-0.2, -0.15) is 0 Å². The molecule has 0 aliphatic carbocycles. The first-order valence-corrected chi connectivity index (χ1v) is 6.68. The molecular weight excluding hydrogens is 286 g/mol. The molecule has 0 aliphatic rings. The lowest BCUT2D eigenvalue weighted by Gasteiger charge is -2.17. The predicted octanol–water partition coefficient (Wildman–Crippen LogP) is 3.74. The third kappa shape index (κ3) is 2.51. The molecule has 2 aromatic rings. The summed E-state index contributed by atoms with van der Waals surface area (Å²) in [5, 5.41) is 12.2. The van der Waals surface area contributed by atoms with Gasteiger partial charge in [-0.05, 0) is 45.1 Å². The summed E-state index contributed by atoms with van der Waals surface area (Å²) in [4.78, 5) is 4.26. The quantitative estimate of drug-likeness (QED) is 0.936. The summed E-state index contributed by atoms with van der Waals surface area (Å²) in [6, 6.07) is 7.71. The summed E-state index contributed by atoms with van der Waals surface area (Å²) >= 11 is 4.98. The first kappa shape index (κ1) is 11.8. The highest BCUT2D eigenvalue weighted by Gasteiger charge is 2.19. The number of pyridine rings is 1. The van der Waals surface area contributed by atoms with Crippen LogP contribution in [0.25, 0.3) is 0 Å². The van der Waals surface area contributed by atoms with E-state index in [2.05, 4.69) is 20.9 Å². The van der Waals surface area contributed by atoms with Gasteiger partial charge in [0.15, 0.2) is 0 Å². The third-order valence-corrected chi connectivity index (χ3v) is 4.08. The van der Waals surface area contributed by atoms with Crippen molar-refractivity contribution in [1.29, 1.82) is 0 Å². The number of rotatable bonds is 3. The van der Waals surface area contributed by atoms with E-state index in [0.717, 1.165) is 15.0 Å². The van der Waals surface area contributed by atoms with Crippen LogP contribution in [0.3, 0.4) is 0 Å². The maximum atomic E-state index is 10.2. The zero-order chi connectivity index (χ0) is 11.5. The van der Waals surface area contributed by atoms with Gasteiger partial charge >= 0.3 is 0 Å². The van der Waals surface area contributed by atoms with Gasteiger partial charge in [-0.15, -0.1) is 11.3 Å². The van der Waals surface area contributed by atoms with E-state index >= 15 is 0 Å². The smallest absolute Gasteiger partial charge is 0.0879 e. The summed E-state index contributed by atoms with van der Waals surface area (Å²) < 4.78 is 1.04. The molecule has 0 amide bonds. The van der Waals surface area contributed by atoms with Crippen molar-refractivity contribution in [2.45, 2.75) is 18.9 Å². The number of aliphatic hydroxyl groups is 1. The number of hydrogen-bond acceptors (Lipinski definition) is 3. The zero-order valence-corrected chi connectivity index (χ0v) is 11.2. The molecular formula is C12H12BrNOS. The molecule has 0 aliphatic heterocycles. The van der Waals surface area contributed by atoms with Crippen LogP contribution in [0.1, 0.15) is 30.2 Å². The van der Waals surface area contributed by atoms with Crippen LogP contribution in [0.15, 0.2) is 39.6 Å². The number of hydrogen-bond donors (Lipinski definition) is 1. The maximum absolute atomic E-state index is 10.2. The summed E-state index contributed by atoms with van der Waals surface area (Å²) in [6.45, 7) is 1.98. The van der Waals surface area contributed by atoms with Gasteiger partial charge < -0.3 is 5.11 Å². The van der Waals surface area contributed by atoms with Gasteiger partial charge in [0.2, 0.25) is 0 Å². The van der Waals surface area contributed by atoms with Crippen LogP contribution in [-0.4, -0.2) is 10.1 Å². The highest BCUT2D eigenvalue weighted by atomic mass is 79.9. The first-order valence-electron chi connectivity index (χ1n) is 5.01. The van der Waals surface area contributed by atoms with E-state index < -0.39 is 6.10 Å². The van der Waals surface area contributed by atoms with Gasteiger partial charge in [0, 0.05) is 17.8 Å². The van der Waals surface area contributed by atoms with E-state index in [0.29, 0.717) is 0 Å². The molecule has 0 spiro atoms. The molecule has 16 heavy (non-hydrogen) atoms. The van der Waals surface area contributed by atoms with Crippen LogP contribution in [-0.2, 0) is 0 Å². The molecule has 2 rings (SSSR count).